The van der Waals surface area contributed by atoms with Gasteiger partial charge in [0.1, 0.15) is 0 Å². The monoisotopic (exact) mass is 333 g/mol. The van der Waals surface area contributed by atoms with E-state index < -0.39 is 5.41 Å². The smallest absolute Gasteiger partial charge is 0.313 e. The lowest BCUT2D eigenvalue weighted by atomic mass is 9.81. The van der Waals surface area contributed by atoms with Crippen LogP contribution in [-0.2, 0) is 9.53 Å². The second-order valence-corrected chi connectivity index (χ2v) is 5.49. The van der Waals surface area contributed by atoms with Crippen LogP contribution in [0, 0.1) is 8.99 Å². The van der Waals surface area contributed by atoms with Crippen molar-refractivity contribution in [2.24, 2.45) is 11.1 Å². The van der Waals surface area contributed by atoms with E-state index in [-0.39, 0.29) is 12.0 Å². The normalized spacial score (nSPS) is 13.3. The summed E-state index contributed by atoms with van der Waals surface area (Å²) in [5, 5.41) is 0. The van der Waals surface area contributed by atoms with Crippen LogP contribution < -0.4 is 5.73 Å². The molecule has 88 valence electrons. The molecule has 1 aromatic carbocycles. The van der Waals surface area contributed by atoms with Crippen molar-refractivity contribution < 1.29 is 9.53 Å². The minimum absolute atomic E-state index is 0.293. The number of rotatable bonds is 3. The van der Waals surface area contributed by atoms with Gasteiger partial charge >= 0.3 is 5.97 Å². The van der Waals surface area contributed by atoms with Crippen molar-refractivity contribution in [3.05, 3.63) is 33.4 Å². The molecule has 0 aliphatic heterocycles. The Hall–Kier alpha value is -0.620. The predicted molar refractivity (Wildman–Crippen MR) is 71.9 cm³/mol. The van der Waals surface area contributed by atoms with Crippen molar-refractivity contribution in [1.82, 2.24) is 0 Å². The summed E-state index contributed by atoms with van der Waals surface area (Å²) < 4.78 is 5.90. The van der Waals surface area contributed by atoms with Crippen LogP contribution in [0.2, 0.25) is 0 Å². The highest BCUT2D eigenvalue weighted by Crippen LogP contribution is 2.32. The molecule has 0 amide bonds. The second kappa shape index (κ2) is 5.14. The number of methoxy groups -OCH3 is 1. The van der Waals surface area contributed by atoms with Crippen molar-refractivity contribution in [3.63, 3.8) is 0 Å². The van der Waals surface area contributed by atoms with Crippen LogP contribution in [0.1, 0.15) is 25.5 Å². The van der Waals surface area contributed by atoms with Gasteiger partial charge in [-0.1, -0.05) is 12.1 Å². The summed E-state index contributed by atoms with van der Waals surface area (Å²) in [6.45, 7) is 3.59. The third kappa shape index (κ3) is 2.74. The molecule has 0 spiro atoms. The number of esters is 1. The molecule has 2 N–H and O–H groups in total. The fourth-order valence-electron chi connectivity index (χ4n) is 1.48. The molecule has 1 atom stereocenters. The Morgan fingerprint density at radius 3 is 2.31 bits per heavy atom. The topological polar surface area (TPSA) is 52.3 Å². The summed E-state index contributed by atoms with van der Waals surface area (Å²) in [7, 11) is 1.38. The molecule has 1 aromatic rings. The van der Waals surface area contributed by atoms with E-state index in [1.807, 2.05) is 24.3 Å². The van der Waals surface area contributed by atoms with Gasteiger partial charge in [-0.15, -0.1) is 0 Å². The Kier molecular flexibility index (Phi) is 4.32. The fourth-order valence-corrected chi connectivity index (χ4v) is 1.84. The maximum atomic E-state index is 11.6. The Morgan fingerprint density at radius 2 is 1.88 bits per heavy atom. The zero-order valence-corrected chi connectivity index (χ0v) is 11.8. The van der Waals surface area contributed by atoms with Crippen molar-refractivity contribution in [1.29, 1.82) is 0 Å². The Morgan fingerprint density at radius 1 is 1.38 bits per heavy atom. The molecule has 0 unspecified atom stereocenters. The van der Waals surface area contributed by atoms with E-state index in [1.165, 1.54) is 7.11 Å². The van der Waals surface area contributed by atoms with E-state index in [0.717, 1.165) is 9.13 Å². The van der Waals surface area contributed by atoms with Gasteiger partial charge in [0.05, 0.1) is 12.5 Å². The fraction of sp³-hybridized carbons (Fsp3) is 0.417. The third-order valence-corrected chi connectivity index (χ3v) is 3.44. The molecule has 0 heterocycles. The van der Waals surface area contributed by atoms with Gasteiger partial charge in [0.2, 0.25) is 0 Å². The van der Waals surface area contributed by atoms with Gasteiger partial charge in [0, 0.05) is 9.61 Å². The van der Waals surface area contributed by atoms with Gasteiger partial charge in [-0.25, -0.2) is 0 Å². The van der Waals surface area contributed by atoms with Crippen LogP contribution in [-0.4, -0.2) is 13.1 Å². The van der Waals surface area contributed by atoms with Gasteiger partial charge < -0.3 is 10.5 Å². The number of nitrogens with two attached hydrogens (primary N) is 1. The zero-order chi connectivity index (χ0) is 12.3. The summed E-state index contributed by atoms with van der Waals surface area (Å²) in [5.74, 6) is -0.293. The molecular formula is C12H16INO2. The zero-order valence-electron chi connectivity index (χ0n) is 9.66. The number of ether oxygens (including phenoxy) is 1. The van der Waals surface area contributed by atoms with Gasteiger partial charge in [0.15, 0.2) is 0 Å². The molecule has 3 nitrogen and oxygen atoms in total. The Balaban J connectivity index is 2.97. The average Bonchev–Trinajstić information content (AvgIpc) is 2.28. The minimum Gasteiger partial charge on any atom is -0.469 e. The van der Waals surface area contributed by atoms with Crippen molar-refractivity contribution in [2.45, 2.75) is 19.9 Å². The van der Waals surface area contributed by atoms with Gasteiger partial charge in [-0.05, 0) is 54.1 Å². The van der Waals surface area contributed by atoms with Gasteiger partial charge in [0.25, 0.3) is 0 Å². The van der Waals surface area contributed by atoms with Crippen molar-refractivity contribution in [3.8, 4) is 0 Å². The highest BCUT2D eigenvalue weighted by Gasteiger charge is 2.36. The summed E-state index contributed by atoms with van der Waals surface area (Å²) in [6, 6.07) is 7.47. The maximum Gasteiger partial charge on any atom is 0.313 e. The SMILES string of the molecule is COC(=O)C(C)(C)[C@@H](N)c1ccc(I)cc1. The first-order valence-corrected chi connectivity index (χ1v) is 6.07. The Bertz CT molecular complexity index is 373. The van der Waals surface area contributed by atoms with E-state index in [4.69, 9.17) is 10.5 Å². The number of hydrogen-bond donors (Lipinski definition) is 1. The van der Waals surface area contributed by atoms with E-state index in [2.05, 4.69) is 22.6 Å². The molecule has 0 saturated carbocycles. The van der Waals surface area contributed by atoms with Gasteiger partial charge in [-0.2, -0.15) is 0 Å². The molecule has 0 aliphatic carbocycles. The molecule has 0 radical (unpaired) electrons. The molecule has 0 fully saturated rings. The molecule has 0 aliphatic rings. The van der Waals surface area contributed by atoms with Crippen LogP contribution in [0.5, 0.6) is 0 Å². The van der Waals surface area contributed by atoms with E-state index >= 15 is 0 Å². The quantitative estimate of drug-likeness (QED) is 0.683. The number of halogens is 1. The summed E-state index contributed by atoms with van der Waals surface area (Å²) >= 11 is 2.23. The number of carbonyl (C=O) groups is 1. The first-order chi connectivity index (χ1) is 7.39. The van der Waals surface area contributed by atoms with Crippen molar-refractivity contribution >= 4 is 28.6 Å². The average molecular weight is 333 g/mol. The van der Waals surface area contributed by atoms with Crippen LogP contribution in [0.15, 0.2) is 24.3 Å². The molecule has 0 aromatic heterocycles. The molecule has 0 saturated heterocycles. The van der Waals surface area contributed by atoms with Crippen LogP contribution in [0.25, 0.3) is 0 Å². The molecule has 1 rings (SSSR count). The van der Waals surface area contributed by atoms with Crippen molar-refractivity contribution in [2.75, 3.05) is 7.11 Å². The summed E-state index contributed by atoms with van der Waals surface area (Å²) in [5.41, 5.74) is 6.32. The number of benzene rings is 1. The minimum atomic E-state index is -0.721. The second-order valence-electron chi connectivity index (χ2n) is 4.24. The van der Waals surface area contributed by atoms with Crippen LogP contribution >= 0.6 is 22.6 Å². The summed E-state index contributed by atoms with van der Waals surface area (Å²) in [6.07, 6.45) is 0. The summed E-state index contributed by atoms with van der Waals surface area (Å²) in [4.78, 5) is 11.6. The molecule has 0 bridgehead atoms. The van der Waals surface area contributed by atoms with Crippen LogP contribution in [0.4, 0.5) is 0 Å². The maximum absolute atomic E-state index is 11.6. The Labute approximate surface area is 109 Å². The first-order valence-electron chi connectivity index (χ1n) is 4.99. The predicted octanol–water partition coefficient (Wildman–Crippen LogP) is 2.49. The number of carbonyl (C=O) groups excluding carboxylic acids is 1. The van der Waals surface area contributed by atoms with E-state index in [1.54, 1.807) is 13.8 Å². The lowest BCUT2D eigenvalue weighted by Gasteiger charge is -2.28. The van der Waals surface area contributed by atoms with E-state index in [9.17, 15) is 4.79 Å². The van der Waals surface area contributed by atoms with E-state index in [0.29, 0.717) is 0 Å². The standard InChI is InChI=1S/C12H16INO2/c1-12(2,11(15)16-3)10(14)8-4-6-9(13)7-5-8/h4-7,10H,14H2,1-3H3/t10-/m0/s1. The largest absolute Gasteiger partial charge is 0.469 e. The molecular weight excluding hydrogens is 317 g/mol. The molecule has 16 heavy (non-hydrogen) atoms. The number of hydrogen-bond acceptors (Lipinski definition) is 3. The molecule has 4 heteroatoms. The lowest BCUT2D eigenvalue weighted by Crippen LogP contribution is -2.37. The highest BCUT2D eigenvalue weighted by atomic mass is 127. The highest BCUT2D eigenvalue weighted by molar-refractivity contribution is 14.1. The van der Waals surface area contributed by atoms with Gasteiger partial charge in [-0.3, -0.25) is 4.79 Å². The first kappa shape index (κ1) is 13.4. The lowest BCUT2D eigenvalue weighted by molar-refractivity contribution is -0.152. The third-order valence-electron chi connectivity index (χ3n) is 2.72. The van der Waals surface area contributed by atoms with Crippen LogP contribution in [0.3, 0.4) is 0 Å².